The summed E-state index contributed by atoms with van der Waals surface area (Å²) in [6.07, 6.45) is 2.28. The number of thioether (sulfide) groups is 1. The quantitative estimate of drug-likeness (QED) is 0.750. The Labute approximate surface area is 85.8 Å². The van der Waals surface area contributed by atoms with Gasteiger partial charge in [0, 0.05) is 11.9 Å². The molecule has 1 aromatic rings. The largest absolute Gasteiger partial charge is 0.480 e. The van der Waals surface area contributed by atoms with Crippen molar-refractivity contribution < 1.29 is 9.90 Å². The van der Waals surface area contributed by atoms with Crippen molar-refractivity contribution in [1.82, 2.24) is 9.97 Å². The fourth-order valence-electron chi connectivity index (χ4n) is 1.43. The lowest BCUT2D eigenvalue weighted by molar-refractivity contribution is -0.136. The summed E-state index contributed by atoms with van der Waals surface area (Å²) in [6.45, 7) is 1.84. The van der Waals surface area contributed by atoms with Crippen molar-refractivity contribution in [3.8, 4) is 0 Å². The minimum atomic E-state index is -0.749. The fourth-order valence-corrected chi connectivity index (χ4v) is 2.48. The molecule has 2 rings (SSSR count). The molecule has 0 aromatic carbocycles. The number of carboxylic acid groups (broad SMARTS) is 1. The van der Waals surface area contributed by atoms with E-state index in [1.807, 2.05) is 6.92 Å². The molecule has 0 radical (unpaired) electrons. The summed E-state index contributed by atoms with van der Waals surface area (Å²) < 4.78 is 0. The number of carboxylic acids is 1. The maximum Gasteiger partial charge on any atom is 0.316 e. The van der Waals surface area contributed by atoms with Crippen LogP contribution in [0.15, 0.2) is 6.20 Å². The molecule has 0 bridgehead atoms. The van der Waals surface area contributed by atoms with Crippen LogP contribution in [-0.4, -0.2) is 26.3 Å². The van der Waals surface area contributed by atoms with Crippen molar-refractivity contribution in [3.05, 3.63) is 23.3 Å². The zero-order valence-corrected chi connectivity index (χ0v) is 8.54. The molecule has 1 aliphatic rings. The Hall–Kier alpha value is -1.10. The second kappa shape index (κ2) is 3.57. The molecule has 74 valence electrons. The van der Waals surface area contributed by atoms with Gasteiger partial charge in [-0.3, -0.25) is 4.79 Å². The third-order valence-corrected chi connectivity index (χ3v) is 3.39. The summed E-state index contributed by atoms with van der Waals surface area (Å²) in [7, 11) is 0. The van der Waals surface area contributed by atoms with Gasteiger partial charge in [-0.1, -0.05) is 0 Å². The van der Waals surface area contributed by atoms with Crippen molar-refractivity contribution in [2.24, 2.45) is 0 Å². The summed E-state index contributed by atoms with van der Waals surface area (Å²) in [5.74, 6) is 0.676. The van der Waals surface area contributed by atoms with Crippen molar-refractivity contribution in [2.75, 3.05) is 0 Å². The van der Waals surface area contributed by atoms with Gasteiger partial charge >= 0.3 is 5.97 Å². The molecule has 1 N–H and O–H groups in total. The Bertz CT molecular complexity index is 381. The van der Waals surface area contributed by atoms with E-state index in [1.165, 1.54) is 11.8 Å². The van der Waals surface area contributed by atoms with E-state index in [0.717, 1.165) is 17.1 Å². The van der Waals surface area contributed by atoms with Gasteiger partial charge < -0.3 is 5.11 Å². The second-order valence-corrected chi connectivity index (χ2v) is 4.42. The second-order valence-electron chi connectivity index (χ2n) is 3.23. The van der Waals surface area contributed by atoms with Gasteiger partial charge in [-0.2, -0.15) is 0 Å². The molecule has 0 spiro atoms. The lowest BCUT2D eigenvalue weighted by atomic mass is 10.1. The van der Waals surface area contributed by atoms with E-state index in [2.05, 4.69) is 9.97 Å². The molecule has 0 unspecified atom stereocenters. The SMILES string of the molecule is Cc1ncc2c(n1)CS[C@H](C(=O)O)C2. The number of aryl methyl sites for hydroxylation is 1. The summed E-state index contributed by atoms with van der Waals surface area (Å²) in [5, 5.41) is 8.52. The Morgan fingerprint density at radius 2 is 2.50 bits per heavy atom. The smallest absolute Gasteiger partial charge is 0.316 e. The van der Waals surface area contributed by atoms with Gasteiger partial charge in [-0.15, -0.1) is 11.8 Å². The molecule has 0 amide bonds. The predicted molar refractivity (Wildman–Crippen MR) is 53.2 cm³/mol. The molecular weight excluding hydrogens is 200 g/mol. The third-order valence-electron chi connectivity index (χ3n) is 2.18. The molecule has 1 aromatic heterocycles. The number of nitrogens with zero attached hydrogens (tertiary/aromatic N) is 2. The number of rotatable bonds is 1. The first-order valence-electron chi connectivity index (χ1n) is 4.32. The first kappa shape index (κ1) is 9.45. The minimum Gasteiger partial charge on any atom is -0.480 e. The van der Waals surface area contributed by atoms with Gasteiger partial charge in [0.05, 0.1) is 5.69 Å². The molecular formula is C9H10N2O2S. The van der Waals surface area contributed by atoms with Gasteiger partial charge in [-0.05, 0) is 18.9 Å². The number of aromatic nitrogens is 2. The van der Waals surface area contributed by atoms with Crippen LogP contribution in [0.5, 0.6) is 0 Å². The van der Waals surface area contributed by atoms with E-state index < -0.39 is 5.97 Å². The lowest BCUT2D eigenvalue weighted by Gasteiger charge is -2.19. The van der Waals surface area contributed by atoms with E-state index in [1.54, 1.807) is 6.20 Å². The molecule has 0 aliphatic carbocycles. The Morgan fingerprint density at radius 3 is 3.21 bits per heavy atom. The van der Waals surface area contributed by atoms with Crippen LogP contribution >= 0.6 is 11.8 Å². The highest BCUT2D eigenvalue weighted by Crippen LogP contribution is 2.28. The van der Waals surface area contributed by atoms with E-state index in [-0.39, 0.29) is 5.25 Å². The van der Waals surface area contributed by atoms with Gasteiger partial charge in [0.25, 0.3) is 0 Å². The zero-order chi connectivity index (χ0) is 10.1. The summed E-state index contributed by atoms with van der Waals surface area (Å²) in [6, 6.07) is 0. The van der Waals surface area contributed by atoms with Crippen LogP contribution in [0.4, 0.5) is 0 Å². The topological polar surface area (TPSA) is 63.1 Å². The van der Waals surface area contributed by atoms with E-state index >= 15 is 0 Å². The Balaban J connectivity index is 2.27. The van der Waals surface area contributed by atoms with Gasteiger partial charge in [0.2, 0.25) is 0 Å². The lowest BCUT2D eigenvalue weighted by Crippen LogP contribution is -2.24. The summed E-state index contributed by atoms with van der Waals surface area (Å²) in [4.78, 5) is 19.1. The van der Waals surface area contributed by atoms with Gasteiger partial charge in [0.1, 0.15) is 11.1 Å². The number of hydrogen-bond donors (Lipinski definition) is 1. The molecule has 2 heterocycles. The highest BCUT2D eigenvalue weighted by molar-refractivity contribution is 7.99. The average molecular weight is 210 g/mol. The van der Waals surface area contributed by atoms with Crippen molar-refractivity contribution in [2.45, 2.75) is 24.3 Å². The number of aliphatic carboxylic acids is 1. The number of fused-ring (bicyclic) bond motifs is 1. The fraction of sp³-hybridized carbons (Fsp3) is 0.444. The molecule has 1 atom stereocenters. The molecule has 0 saturated carbocycles. The molecule has 4 nitrogen and oxygen atoms in total. The summed E-state index contributed by atoms with van der Waals surface area (Å²) in [5.41, 5.74) is 1.96. The van der Waals surface area contributed by atoms with E-state index in [0.29, 0.717) is 12.2 Å². The molecule has 0 fully saturated rings. The van der Waals surface area contributed by atoms with Crippen LogP contribution in [0.3, 0.4) is 0 Å². The third kappa shape index (κ3) is 1.72. The van der Waals surface area contributed by atoms with Crippen molar-refractivity contribution in [3.63, 3.8) is 0 Å². The Kier molecular flexibility index (Phi) is 2.41. The van der Waals surface area contributed by atoms with E-state index in [9.17, 15) is 4.79 Å². The maximum atomic E-state index is 10.8. The maximum absolute atomic E-state index is 10.8. The molecule has 5 heteroatoms. The van der Waals surface area contributed by atoms with Crippen LogP contribution in [0.2, 0.25) is 0 Å². The standard InChI is InChI=1S/C9H10N2O2S/c1-5-10-3-6-2-8(9(12)13)14-4-7(6)11-5/h3,8H,2,4H2,1H3,(H,12,13)/t8-/m0/s1. The van der Waals surface area contributed by atoms with Crippen LogP contribution in [0.1, 0.15) is 17.1 Å². The van der Waals surface area contributed by atoms with Crippen LogP contribution in [-0.2, 0) is 17.0 Å². The van der Waals surface area contributed by atoms with Gasteiger partial charge in [0.15, 0.2) is 0 Å². The van der Waals surface area contributed by atoms with Crippen LogP contribution in [0, 0.1) is 6.92 Å². The van der Waals surface area contributed by atoms with Gasteiger partial charge in [-0.25, -0.2) is 9.97 Å². The van der Waals surface area contributed by atoms with Crippen LogP contribution < -0.4 is 0 Å². The first-order chi connectivity index (χ1) is 6.66. The van der Waals surface area contributed by atoms with Crippen molar-refractivity contribution >= 4 is 17.7 Å². The van der Waals surface area contributed by atoms with Crippen LogP contribution in [0.25, 0.3) is 0 Å². The molecule has 0 saturated heterocycles. The molecule has 1 aliphatic heterocycles. The normalized spacial score (nSPS) is 20.2. The minimum absolute atomic E-state index is 0.339. The van der Waals surface area contributed by atoms with E-state index in [4.69, 9.17) is 5.11 Å². The summed E-state index contributed by atoms with van der Waals surface area (Å²) >= 11 is 1.43. The highest BCUT2D eigenvalue weighted by atomic mass is 32.2. The van der Waals surface area contributed by atoms with Crippen molar-refractivity contribution in [1.29, 1.82) is 0 Å². The number of hydrogen-bond acceptors (Lipinski definition) is 4. The monoisotopic (exact) mass is 210 g/mol. The zero-order valence-electron chi connectivity index (χ0n) is 7.73. The Morgan fingerprint density at radius 1 is 1.71 bits per heavy atom. The average Bonchev–Trinajstić information content (AvgIpc) is 2.16. The predicted octanol–water partition coefficient (Wildman–Crippen LogP) is 1.03. The number of carbonyl (C=O) groups is 1. The highest BCUT2D eigenvalue weighted by Gasteiger charge is 2.25. The first-order valence-corrected chi connectivity index (χ1v) is 5.37. The molecule has 14 heavy (non-hydrogen) atoms.